The van der Waals surface area contributed by atoms with Crippen LogP contribution in [0.3, 0.4) is 0 Å². The largest absolute Gasteiger partial charge is 0.451 e. The molecule has 30 heavy (non-hydrogen) atoms. The number of fused-ring (bicyclic) bond motifs is 1. The van der Waals surface area contributed by atoms with Crippen LogP contribution in [0.1, 0.15) is 47.2 Å². The number of anilines is 1. The summed E-state index contributed by atoms with van der Waals surface area (Å²) >= 11 is 0. The number of carbonyl (C=O) groups excluding carboxylic acids is 3. The van der Waals surface area contributed by atoms with E-state index >= 15 is 0 Å². The molecule has 0 fully saturated rings. The Balaban J connectivity index is 1.64. The van der Waals surface area contributed by atoms with Gasteiger partial charge in [-0.1, -0.05) is 24.3 Å². The van der Waals surface area contributed by atoms with Gasteiger partial charge < -0.3 is 9.15 Å². The van der Waals surface area contributed by atoms with Crippen LogP contribution in [0.5, 0.6) is 0 Å². The Hall–Kier alpha value is -3.81. The van der Waals surface area contributed by atoms with Crippen molar-refractivity contribution in [2.24, 2.45) is 0 Å². The van der Waals surface area contributed by atoms with Gasteiger partial charge in [-0.25, -0.2) is 4.79 Å². The van der Waals surface area contributed by atoms with Crippen LogP contribution >= 0.6 is 0 Å². The van der Waals surface area contributed by atoms with E-state index in [4.69, 9.17) is 9.15 Å². The number of carbonyl (C=O) groups is 3. The van der Waals surface area contributed by atoms with Gasteiger partial charge in [0.1, 0.15) is 11.2 Å². The Morgan fingerprint density at radius 3 is 2.33 bits per heavy atom. The second-order valence-corrected chi connectivity index (χ2v) is 7.67. The molecule has 3 amide bonds. The van der Waals surface area contributed by atoms with Crippen LogP contribution in [0.25, 0.3) is 11.0 Å². The van der Waals surface area contributed by atoms with Crippen molar-refractivity contribution < 1.29 is 23.5 Å². The SMILES string of the molecule is Cc1c(C(=O)NNC(=O)c2cccc(NC(=O)OC(C)(C)C)c2)oc2ccccc12. The van der Waals surface area contributed by atoms with Crippen molar-refractivity contribution in [3.05, 3.63) is 65.4 Å². The second-order valence-electron chi connectivity index (χ2n) is 7.67. The van der Waals surface area contributed by atoms with E-state index in [0.29, 0.717) is 16.8 Å². The summed E-state index contributed by atoms with van der Waals surface area (Å²) < 4.78 is 10.8. The molecule has 0 bridgehead atoms. The monoisotopic (exact) mass is 409 g/mol. The number of hydrogen-bond donors (Lipinski definition) is 3. The molecule has 1 aromatic heterocycles. The molecular weight excluding hydrogens is 386 g/mol. The normalized spacial score (nSPS) is 11.1. The first-order valence-corrected chi connectivity index (χ1v) is 9.33. The zero-order valence-corrected chi connectivity index (χ0v) is 17.2. The number of hydrogen-bond acceptors (Lipinski definition) is 5. The van der Waals surface area contributed by atoms with E-state index in [2.05, 4.69) is 16.2 Å². The van der Waals surface area contributed by atoms with Gasteiger partial charge in [-0.15, -0.1) is 0 Å². The molecule has 0 atom stereocenters. The topological polar surface area (TPSA) is 110 Å². The minimum Gasteiger partial charge on any atom is -0.451 e. The third-order valence-electron chi connectivity index (χ3n) is 4.11. The van der Waals surface area contributed by atoms with Gasteiger partial charge >= 0.3 is 12.0 Å². The zero-order chi connectivity index (χ0) is 21.9. The Bertz CT molecular complexity index is 1110. The molecule has 1 heterocycles. The van der Waals surface area contributed by atoms with E-state index in [1.54, 1.807) is 52.0 Å². The van der Waals surface area contributed by atoms with Crippen LogP contribution < -0.4 is 16.2 Å². The van der Waals surface area contributed by atoms with Gasteiger partial charge in [0.15, 0.2) is 5.76 Å². The lowest BCUT2D eigenvalue weighted by Crippen LogP contribution is -2.41. The van der Waals surface area contributed by atoms with Crippen molar-refractivity contribution in [2.75, 3.05) is 5.32 Å². The molecule has 0 aliphatic heterocycles. The average Bonchev–Trinajstić information content (AvgIpc) is 3.01. The maximum Gasteiger partial charge on any atom is 0.412 e. The highest BCUT2D eigenvalue weighted by atomic mass is 16.6. The van der Waals surface area contributed by atoms with Crippen LogP contribution in [0.4, 0.5) is 10.5 Å². The van der Waals surface area contributed by atoms with Crippen molar-refractivity contribution in [2.45, 2.75) is 33.3 Å². The predicted octanol–water partition coefficient (Wildman–Crippen LogP) is 4.16. The minimum atomic E-state index is -0.641. The van der Waals surface area contributed by atoms with Crippen LogP contribution in [-0.2, 0) is 4.74 Å². The van der Waals surface area contributed by atoms with E-state index < -0.39 is 23.5 Å². The summed E-state index contributed by atoms with van der Waals surface area (Å²) in [4.78, 5) is 36.7. The third-order valence-corrected chi connectivity index (χ3v) is 4.11. The molecule has 3 aromatic rings. The second kappa shape index (κ2) is 8.28. The van der Waals surface area contributed by atoms with Crippen LogP contribution in [0.2, 0.25) is 0 Å². The van der Waals surface area contributed by atoms with Crippen LogP contribution in [0, 0.1) is 6.92 Å². The van der Waals surface area contributed by atoms with Gasteiger partial charge in [-0.05, 0) is 52.0 Å². The standard InChI is InChI=1S/C22H23N3O5/c1-13-16-10-5-6-11-17(16)29-18(13)20(27)25-24-19(26)14-8-7-9-15(12-14)23-21(28)30-22(2,3)4/h5-12H,1-4H3,(H,23,28)(H,24,26)(H,25,27). The first kappa shape index (κ1) is 20.9. The maximum atomic E-state index is 12.4. The van der Waals surface area contributed by atoms with Crippen LogP contribution in [0.15, 0.2) is 52.9 Å². The molecular formula is C22H23N3O5. The van der Waals surface area contributed by atoms with Crippen molar-refractivity contribution in [3.8, 4) is 0 Å². The molecule has 0 spiro atoms. The molecule has 156 valence electrons. The van der Waals surface area contributed by atoms with Gasteiger partial charge in [-0.2, -0.15) is 0 Å². The van der Waals surface area contributed by atoms with Crippen molar-refractivity contribution in [1.29, 1.82) is 0 Å². The van der Waals surface area contributed by atoms with E-state index in [-0.39, 0.29) is 11.3 Å². The fourth-order valence-electron chi connectivity index (χ4n) is 2.79. The summed E-state index contributed by atoms with van der Waals surface area (Å²) in [5.74, 6) is -0.998. The Morgan fingerprint density at radius 2 is 1.63 bits per heavy atom. The highest BCUT2D eigenvalue weighted by Crippen LogP contribution is 2.24. The minimum absolute atomic E-state index is 0.122. The van der Waals surface area contributed by atoms with E-state index in [1.165, 1.54) is 6.07 Å². The van der Waals surface area contributed by atoms with Gasteiger partial charge in [-0.3, -0.25) is 25.8 Å². The highest BCUT2D eigenvalue weighted by Gasteiger charge is 2.19. The van der Waals surface area contributed by atoms with Gasteiger partial charge in [0.05, 0.1) is 0 Å². The van der Waals surface area contributed by atoms with Crippen molar-refractivity contribution in [3.63, 3.8) is 0 Å². The molecule has 0 radical (unpaired) electrons. The molecule has 0 unspecified atom stereocenters. The fraction of sp³-hybridized carbons (Fsp3) is 0.227. The number of nitrogens with one attached hydrogen (secondary N) is 3. The first-order valence-electron chi connectivity index (χ1n) is 9.33. The summed E-state index contributed by atoms with van der Waals surface area (Å²) in [6.07, 6.45) is -0.631. The highest BCUT2D eigenvalue weighted by molar-refractivity contribution is 6.01. The molecule has 0 aliphatic rings. The van der Waals surface area contributed by atoms with Crippen LogP contribution in [-0.4, -0.2) is 23.5 Å². The number of rotatable bonds is 3. The smallest absolute Gasteiger partial charge is 0.412 e. The third kappa shape index (κ3) is 4.96. The number of benzene rings is 2. The molecule has 3 N–H and O–H groups in total. The maximum absolute atomic E-state index is 12.4. The number of amides is 3. The van der Waals surface area contributed by atoms with E-state index in [9.17, 15) is 14.4 Å². The Morgan fingerprint density at radius 1 is 0.933 bits per heavy atom. The zero-order valence-electron chi connectivity index (χ0n) is 17.2. The first-order chi connectivity index (χ1) is 14.1. The predicted molar refractivity (Wildman–Crippen MR) is 112 cm³/mol. The molecule has 0 aliphatic carbocycles. The summed E-state index contributed by atoms with van der Waals surface area (Å²) in [5.41, 5.74) is 5.95. The molecule has 8 nitrogen and oxygen atoms in total. The average molecular weight is 409 g/mol. The molecule has 8 heteroatoms. The molecule has 0 saturated carbocycles. The van der Waals surface area contributed by atoms with Gasteiger partial charge in [0.25, 0.3) is 5.91 Å². The molecule has 2 aromatic carbocycles. The number of aryl methyl sites for hydroxylation is 1. The lowest BCUT2D eigenvalue weighted by Gasteiger charge is -2.19. The van der Waals surface area contributed by atoms with E-state index in [1.807, 2.05) is 18.2 Å². The Labute approximate surface area is 173 Å². The fourth-order valence-corrected chi connectivity index (χ4v) is 2.79. The number of ether oxygens (including phenoxy) is 1. The summed E-state index contributed by atoms with van der Waals surface area (Å²) in [5, 5.41) is 3.39. The summed E-state index contributed by atoms with van der Waals surface area (Å²) in [7, 11) is 0. The van der Waals surface area contributed by atoms with Crippen molar-refractivity contribution >= 4 is 34.6 Å². The van der Waals surface area contributed by atoms with Crippen molar-refractivity contribution in [1.82, 2.24) is 10.9 Å². The lowest BCUT2D eigenvalue weighted by atomic mass is 10.1. The van der Waals surface area contributed by atoms with E-state index in [0.717, 1.165) is 5.39 Å². The summed E-state index contributed by atoms with van der Waals surface area (Å²) in [6.45, 7) is 7.03. The summed E-state index contributed by atoms with van der Waals surface area (Å²) in [6, 6.07) is 13.5. The lowest BCUT2D eigenvalue weighted by molar-refractivity contribution is 0.0635. The number of furan rings is 1. The molecule has 3 rings (SSSR count). The van der Waals surface area contributed by atoms with Gasteiger partial charge in [0.2, 0.25) is 0 Å². The quantitative estimate of drug-likeness (QED) is 0.563. The number of hydrazine groups is 1. The molecule has 0 saturated heterocycles. The number of para-hydroxylation sites is 1. The van der Waals surface area contributed by atoms with Gasteiger partial charge in [0, 0.05) is 22.2 Å². The Kier molecular flexibility index (Phi) is 5.77.